The average Bonchev–Trinajstić information content (AvgIpc) is 3.25. The van der Waals surface area contributed by atoms with Crippen molar-refractivity contribution in [2.75, 3.05) is 6.54 Å². The molecule has 1 heterocycles. The predicted octanol–water partition coefficient (Wildman–Crippen LogP) is 3.32. The number of sulfone groups is 1. The molecule has 3 rings (SSSR count). The Morgan fingerprint density at radius 2 is 1.94 bits per heavy atom. The summed E-state index contributed by atoms with van der Waals surface area (Å²) >= 11 is 12.0. The molecular formula is C20H23Cl2N3O5S. The smallest absolute Gasteiger partial charge is 0.411 e. The fourth-order valence-corrected chi connectivity index (χ4v) is 5.86. The molecule has 168 valence electrons. The number of halogens is 2. The van der Waals surface area contributed by atoms with Gasteiger partial charge in [0.05, 0.1) is 21.2 Å². The van der Waals surface area contributed by atoms with E-state index in [0.717, 1.165) is 4.90 Å². The number of rotatable bonds is 4. The first kappa shape index (κ1) is 23.6. The molecule has 1 saturated carbocycles. The summed E-state index contributed by atoms with van der Waals surface area (Å²) < 4.78 is 31.9. The standard InChI is InChI=1S/C20H23Cl2N3O5S/c1-19(2,3)30-18(27)25-10-13(9-15(25)17(26)24-20(11-23)6-7-20)31(28,29)16-5-4-12(21)8-14(16)22/h4-5,8,13,15H,6-7,9-10H2,1-3H3,(H,24,26). The van der Waals surface area contributed by atoms with Crippen molar-refractivity contribution in [1.82, 2.24) is 10.2 Å². The molecule has 0 bridgehead atoms. The first-order valence-electron chi connectivity index (χ1n) is 9.70. The minimum Gasteiger partial charge on any atom is -0.444 e. The van der Waals surface area contributed by atoms with Crippen LogP contribution in [0, 0.1) is 11.3 Å². The molecule has 2 atom stereocenters. The first-order chi connectivity index (χ1) is 14.3. The maximum Gasteiger partial charge on any atom is 0.411 e. The van der Waals surface area contributed by atoms with E-state index in [0.29, 0.717) is 12.8 Å². The highest BCUT2D eigenvalue weighted by molar-refractivity contribution is 7.92. The van der Waals surface area contributed by atoms with Crippen LogP contribution in [0.2, 0.25) is 10.0 Å². The van der Waals surface area contributed by atoms with E-state index < -0.39 is 44.3 Å². The lowest BCUT2D eigenvalue weighted by Crippen LogP contribution is -2.50. The van der Waals surface area contributed by atoms with Crippen LogP contribution < -0.4 is 5.32 Å². The highest BCUT2D eigenvalue weighted by atomic mass is 35.5. The lowest BCUT2D eigenvalue weighted by molar-refractivity contribution is -0.126. The summed E-state index contributed by atoms with van der Waals surface area (Å²) in [6.07, 6.45) is 0.0790. The normalized spacial score (nSPS) is 22.5. The molecule has 8 nitrogen and oxygen atoms in total. The summed E-state index contributed by atoms with van der Waals surface area (Å²) in [5, 5.41) is 11.1. The van der Waals surface area contributed by atoms with E-state index in [2.05, 4.69) is 11.4 Å². The van der Waals surface area contributed by atoms with Crippen molar-refractivity contribution in [3.05, 3.63) is 28.2 Å². The number of nitriles is 1. The number of amides is 2. The second kappa shape index (κ2) is 8.15. The molecule has 2 unspecified atom stereocenters. The molecule has 2 aliphatic rings. The number of ether oxygens (including phenoxy) is 1. The summed E-state index contributed by atoms with van der Waals surface area (Å²) in [7, 11) is -3.98. The summed E-state index contributed by atoms with van der Waals surface area (Å²) in [6, 6.07) is 5.00. The Bertz CT molecular complexity index is 1060. The zero-order valence-corrected chi connectivity index (χ0v) is 19.6. The van der Waals surface area contributed by atoms with Gasteiger partial charge in [0.1, 0.15) is 17.2 Å². The molecule has 0 aromatic heterocycles. The van der Waals surface area contributed by atoms with Gasteiger partial charge in [0.15, 0.2) is 9.84 Å². The van der Waals surface area contributed by atoms with Crippen molar-refractivity contribution in [1.29, 1.82) is 5.26 Å². The quantitative estimate of drug-likeness (QED) is 0.695. The Morgan fingerprint density at radius 3 is 2.45 bits per heavy atom. The molecule has 11 heteroatoms. The summed E-state index contributed by atoms with van der Waals surface area (Å²) in [5.41, 5.74) is -1.79. The third-order valence-electron chi connectivity index (χ3n) is 5.16. The number of nitrogens with zero attached hydrogens (tertiary/aromatic N) is 2. The molecule has 1 N–H and O–H groups in total. The molecule has 1 saturated heterocycles. The minimum atomic E-state index is -3.98. The number of hydrogen-bond acceptors (Lipinski definition) is 6. The van der Waals surface area contributed by atoms with E-state index in [1.54, 1.807) is 20.8 Å². The molecule has 1 aromatic carbocycles. The monoisotopic (exact) mass is 487 g/mol. The third-order valence-corrected chi connectivity index (χ3v) is 8.01. The van der Waals surface area contributed by atoms with Crippen LogP contribution in [0.15, 0.2) is 23.1 Å². The molecule has 2 amide bonds. The van der Waals surface area contributed by atoms with Crippen molar-refractivity contribution in [3.8, 4) is 6.07 Å². The zero-order chi connectivity index (χ0) is 23.2. The van der Waals surface area contributed by atoms with Gasteiger partial charge in [-0.15, -0.1) is 0 Å². The van der Waals surface area contributed by atoms with Gasteiger partial charge in [-0.25, -0.2) is 13.2 Å². The molecule has 31 heavy (non-hydrogen) atoms. The molecule has 1 aliphatic carbocycles. The van der Waals surface area contributed by atoms with Gasteiger partial charge in [-0.2, -0.15) is 5.26 Å². The van der Waals surface area contributed by atoms with Gasteiger partial charge in [-0.3, -0.25) is 9.69 Å². The number of nitrogens with one attached hydrogen (secondary N) is 1. The van der Waals surface area contributed by atoms with Gasteiger partial charge in [-0.05, 0) is 58.2 Å². The van der Waals surface area contributed by atoms with E-state index >= 15 is 0 Å². The second-order valence-corrected chi connectivity index (χ2v) is 11.8. The van der Waals surface area contributed by atoms with Crippen molar-refractivity contribution in [2.45, 2.75) is 67.4 Å². The Hall–Kier alpha value is -2.02. The van der Waals surface area contributed by atoms with Crippen LogP contribution in [0.5, 0.6) is 0 Å². The van der Waals surface area contributed by atoms with E-state index in [4.69, 9.17) is 27.9 Å². The Kier molecular flexibility index (Phi) is 6.22. The van der Waals surface area contributed by atoms with Crippen molar-refractivity contribution in [3.63, 3.8) is 0 Å². The lowest BCUT2D eigenvalue weighted by atomic mass is 10.2. The SMILES string of the molecule is CC(C)(C)OC(=O)N1CC(S(=O)(=O)c2ccc(Cl)cc2Cl)CC1C(=O)NC1(C#N)CC1. The van der Waals surface area contributed by atoms with Gasteiger partial charge in [0.25, 0.3) is 0 Å². The molecule has 1 aliphatic heterocycles. The van der Waals surface area contributed by atoms with Crippen LogP contribution in [0.4, 0.5) is 4.79 Å². The number of benzene rings is 1. The number of likely N-dealkylation sites (tertiary alicyclic amines) is 1. The number of carbonyl (C=O) groups is 2. The largest absolute Gasteiger partial charge is 0.444 e. The highest BCUT2D eigenvalue weighted by Crippen LogP contribution is 2.37. The molecule has 2 fully saturated rings. The number of hydrogen-bond donors (Lipinski definition) is 1. The van der Waals surface area contributed by atoms with Crippen molar-refractivity contribution in [2.24, 2.45) is 0 Å². The van der Waals surface area contributed by atoms with Crippen LogP contribution in [0.3, 0.4) is 0 Å². The van der Waals surface area contributed by atoms with Gasteiger partial charge >= 0.3 is 6.09 Å². The van der Waals surface area contributed by atoms with Crippen LogP contribution in [-0.2, 0) is 19.4 Å². The summed E-state index contributed by atoms with van der Waals surface area (Å²) in [5.74, 6) is -0.579. The Labute approximate surface area is 191 Å². The topological polar surface area (TPSA) is 117 Å². The van der Waals surface area contributed by atoms with E-state index in [1.165, 1.54) is 18.2 Å². The van der Waals surface area contributed by atoms with Gasteiger partial charge in [-0.1, -0.05) is 23.2 Å². The fourth-order valence-electron chi connectivity index (χ4n) is 3.39. The fraction of sp³-hybridized carbons (Fsp3) is 0.550. The Morgan fingerprint density at radius 1 is 1.29 bits per heavy atom. The minimum absolute atomic E-state index is 0.0365. The molecule has 0 spiro atoms. The van der Waals surface area contributed by atoms with Crippen LogP contribution in [-0.4, -0.2) is 54.3 Å². The maximum absolute atomic E-state index is 13.3. The number of carbonyl (C=O) groups excluding carboxylic acids is 2. The summed E-state index contributed by atoms with van der Waals surface area (Å²) in [4.78, 5) is 26.7. The van der Waals surface area contributed by atoms with Gasteiger partial charge in [0, 0.05) is 11.6 Å². The lowest BCUT2D eigenvalue weighted by Gasteiger charge is -2.28. The van der Waals surface area contributed by atoms with Crippen molar-refractivity contribution >= 4 is 45.0 Å². The molecule has 0 radical (unpaired) electrons. The van der Waals surface area contributed by atoms with Gasteiger partial charge < -0.3 is 10.1 Å². The first-order valence-corrected chi connectivity index (χ1v) is 12.0. The van der Waals surface area contributed by atoms with E-state index in [1.807, 2.05) is 0 Å². The third kappa shape index (κ3) is 5.08. The van der Waals surface area contributed by atoms with Crippen LogP contribution in [0.1, 0.15) is 40.0 Å². The molecule has 1 aromatic rings. The van der Waals surface area contributed by atoms with Crippen LogP contribution in [0.25, 0.3) is 0 Å². The van der Waals surface area contributed by atoms with Crippen molar-refractivity contribution < 1.29 is 22.7 Å². The Balaban J connectivity index is 1.90. The zero-order valence-electron chi connectivity index (χ0n) is 17.3. The van der Waals surface area contributed by atoms with E-state index in [-0.39, 0.29) is 27.9 Å². The average molecular weight is 488 g/mol. The van der Waals surface area contributed by atoms with E-state index in [9.17, 15) is 23.3 Å². The second-order valence-electron chi connectivity index (χ2n) is 8.81. The molecular weight excluding hydrogens is 465 g/mol. The maximum atomic E-state index is 13.3. The highest BCUT2D eigenvalue weighted by Gasteiger charge is 2.51. The van der Waals surface area contributed by atoms with Gasteiger partial charge in [0.2, 0.25) is 5.91 Å². The summed E-state index contributed by atoms with van der Waals surface area (Å²) in [6.45, 7) is 4.78. The predicted molar refractivity (Wildman–Crippen MR) is 115 cm³/mol. The van der Waals surface area contributed by atoms with Crippen LogP contribution >= 0.6 is 23.2 Å².